The van der Waals surface area contributed by atoms with Crippen molar-refractivity contribution in [1.29, 1.82) is 0 Å². The van der Waals surface area contributed by atoms with E-state index in [4.69, 9.17) is 5.73 Å². The lowest BCUT2D eigenvalue weighted by molar-refractivity contribution is 1.01. The van der Waals surface area contributed by atoms with Crippen molar-refractivity contribution in [3.8, 4) is 0 Å². The summed E-state index contributed by atoms with van der Waals surface area (Å²) in [6, 6.07) is 0. The summed E-state index contributed by atoms with van der Waals surface area (Å²) >= 11 is 0. The molecule has 3 heteroatoms. The Hall–Kier alpha value is -1.38. The van der Waals surface area contributed by atoms with Crippen LogP contribution in [0.5, 0.6) is 0 Å². The minimum atomic E-state index is 0.494. The average Bonchev–Trinajstić information content (AvgIpc) is 1.94. The van der Waals surface area contributed by atoms with E-state index in [1.54, 1.807) is 6.20 Å². The van der Waals surface area contributed by atoms with E-state index in [0.29, 0.717) is 5.70 Å². The summed E-state index contributed by atoms with van der Waals surface area (Å²) in [6.45, 7) is 7.35. The van der Waals surface area contributed by atoms with Gasteiger partial charge in [-0.3, -0.25) is 0 Å². The first kappa shape index (κ1) is 7.72. The van der Waals surface area contributed by atoms with E-state index in [9.17, 15) is 0 Å². The van der Waals surface area contributed by atoms with Gasteiger partial charge in [0.2, 0.25) is 0 Å². The second kappa shape index (κ2) is 2.70. The normalized spacial score (nSPS) is 9.64. The molecule has 0 unspecified atom stereocenters. The maximum atomic E-state index is 5.50. The van der Waals surface area contributed by atoms with Crippen molar-refractivity contribution in [1.82, 2.24) is 9.97 Å². The molecule has 0 aliphatic heterocycles. The smallest absolute Gasteiger partial charge is 0.125 e. The van der Waals surface area contributed by atoms with E-state index in [1.165, 1.54) is 0 Å². The first-order chi connectivity index (χ1) is 5.11. The van der Waals surface area contributed by atoms with Crippen LogP contribution >= 0.6 is 0 Å². The van der Waals surface area contributed by atoms with Crippen LogP contribution in [-0.2, 0) is 0 Å². The Kier molecular flexibility index (Phi) is 1.89. The van der Waals surface area contributed by atoms with E-state index in [-0.39, 0.29) is 0 Å². The van der Waals surface area contributed by atoms with Gasteiger partial charge in [-0.05, 0) is 19.4 Å². The number of aryl methyl sites for hydroxylation is 2. The predicted octanol–water partition coefficient (Wildman–Crippen LogP) is 1.02. The van der Waals surface area contributed by atoms with Crippen molar-refractivity contribution in [2.24, 2.45) is 5.73 Å². The van der Waals surface area contributed by atoms with Gasteiger partial charge in [-0.2, -0.15) is 0 Å². The number of hydrogen-bond donors (Lipinski definition) is 1. The average molecular weight is 149 g/mol. The summed E-state index contributed by atoms with van der Waals surface area (Å²) in [5.74, 6) is 0.720. The van der Waals surface area contributed by atoms with Crippen LogP contribution in [-0.4, -0.2) is 9.97 Å². The van der Waals surface area contributed by atoms with Crippen LogP contribution in [0.2, 0.25) is 0 Å². The first-order valence-electron chi connectivity index (χ1n) is 3.36. The maximum absolute atomic E-state index is 5.50. The van der Waals surface area contributed by atoms with E-state index in [1.807, 2.05) is 13.8 Å². The van der Waals surface area contributed by atoms with Gasteiger partial charge < -0.3 is 5.73 Å². The zero-order valence-electron chi connectivity index (χ0n) is 6.76. The fourth-order valence-corrected chi connectivity index (χ4v) is 0.855. The highest BCUT2D eigenvalue weighted by atomic mass is 14.9. The summed E-state index contributed by atoms with van der Waals surface area (Å²) in [6.07, 6.45) is 1.75. The number of nitrogens with zero attached hydrogens (tertiary/aromatic N) is 2. The Morgan fingerprint density at radius 1 is 1.55 bits per heavy atom. The Balaban J connectivity index is 3.23. The van der Waals surface area contributed by atoms with E-state index in [0.717, 1.165) is 17.1 Å². The van der Waals surface area contributed by atoms with Crippen LogP contribution in [0.15, 0.2) is 12.8 Å². The lowest BCUT2D eigenvalue weighted by Crippen LogP contribution is -2.02. The molecule has 0 spiro atoms. The summed E-state index contributed by atoms with van der Waals surface area (Å²) < 4.78 is 0. The molecule has 0 aromatic carbocycles. The van der Waals surface area contributed by atoms with Crippen molar-refractivity contribution < 1.29 is 0 Å². The highest BCUT2D eigenvalue weighted by molar-refractivity contribution is 5.58. The van der Waals surface area contributed by atoms with Gasteiger partial charge >= 0.3 is 0 Å². The first-order valence-corrected chi connectivity index (χ1v) is 3.36. The molecule has 0 atom stereocenters. The van der Waals surface area contributed by atoms with Crippen molar-refractivity contribution in [2.45, 2.75) is 13.8 Å². The number of rotatable bonds is 1. The quantitative estimate of drug-likeness (QED) is 0.648. The lowest BCUT2D eigenvalue weighted by atomic mass is 10.2. The summed E-state index contributed by atoms with van der Waals surface area (Å²) in [7, 11) is 0. The Labute approximate surface area is 66.0 Å². The summed E-state index contributed by atoms with van der Waals surface area (Å²) in [5.41, 5.74) is 7.70. The van der Waals surface area contributed by atoms with Crippen molar-refractivity contribution in [3.63, 3.8) is 0 Å². The Morgan fingerprint density at radius 2 is 2.18 bits per heavy atom. The molecule has 1 aromatic rings. The van der Waals surface area contributed by atoms with Gasteiger partial charge in [0.15, 0.2) is 0 Å². The largest absolute Gasteiger partial charge is 0.397 e. The van der Waals surface area contributed by atoms with Crippen LogP contribution in [0.3, 0.4) is 0 Å². The number of nitrogens with two attached hydrogens (primary N) is 1. The van der Waals surface area contributed by atoms with E-state index >= 15 is 0 Å². The number of hydrogen-bond acceptors (Lipinski definition) is 3. The van der Waals surface area contributed by atoms with Crippen LogP contribution in [0.25, 0.3) is 5.70 Å². The highest BCUT2D eigenvalue weighted by Gasteiger charge is 2.00. The molecule has 1 rings (SSSR count). The third-order valence-electron chi connectivity index (χ3n) is 1.40. The second-order valence-electron chi connectivity index (χ2n) is 2.47. The molecule has 1 heterocycles. The molecule has 3 nitrogen and oxygen atoms in total. The van der Waals surface area contributed by atoms with Gasteiger partial charge in [-0.15, -0.1) is 0 Å². The Bertz CT molecular complexity index is 291. The molecule has 0 aliphatic carbocycles. The summed E-state index contributed by atoms with van der Waals surface area (Å²) in [4.78, 5) is 8.15. The fourth-order valence-electron chi connectivity index (χ4n) is 0.855. The van der Waals surface area contributed by atoms with Gasteiger partial charge in [0.1, 0.15) is 5.82 Å². The SMILES string of the molecule is C=C(N)c1nc(C)ncc1C. The van der Waals surface area contributed by atoms with Crippen LogP contribution < -0.4 is 5.73 Å². The number of aromatic nitrogens is 2. The summed E-state index contributed by atoms with van der Waals surface area (Å²) in [5, 5.41) is 0. The topological polar surface area (TPSA) is 51.8 Å². The standard InChI is InChI=1S/C8H11N3/c1-5-4-10-7(3)11-8(5)6(2)9/h4H,2,9H2,1,3H3. The third-order valence-corrected chi connectivity index (χ3v) is 1.40. The van der Waals surface area contributed by atoms with Gasteiger partial charge in [-0.25, -0.2) is 9.97 Å². The zero-order chi connectivity index (χ0) is 8.43. The minimum absolute atomic E-state index is 0.494. The van der Waals surface area contributed by atoms with Crippen LogP contribution in [0.4, 0.5) is 0 Å². The van der Waals surface area contributed by atoms with Crippen LogP contribution in [0.1, 0.15) is 17.1 Å². The van der Waals surface area contributed by atoms with Gasteiger partial charge in [-0.1, -0.05) is 6.58 Å². The molecule has 11 heavy (non-hydrogen) atoms. The lowest BCUT2D eigenvalue weighted by Gasteiger charge is -2.02. The van der Waals surface area contributed by atoms with Crippen molar-refractivity contribution in [3.05, 3.63) is 29.9 Å². The molecule has 0 bridgehead atoms. The third kappa shape index (κ3) is 1.55. The van der Waals surface area contributed by atoms with Crippen molar-refractivity contribution in [2.75, 3.05) is 0 Å². The van der Waals surface area contributed by atoms with Crippen LogP contribution in [0, 0.1) is 13.8 Å². The van der Waals surface area contributed by atoms with E-state index in [2.05, 4.69) is 16.5 Å². The predicted molar refractivity (Wildman–Crippen MR) is 44.7 cm³/mol. The van der Waals surface area contributed by atoms with E-state index < -0.39 is 0 Å². The second-order valence-corrected chi connectivity index (χ2v) is 2.47. The molecule has 1 aromatic heterocycles. The molecular weight excluding hydrogens is 138 g/mol. The maximum Gasteiger partial charge on any atom is 0.125 e. The molecule has 0 aliphatic rings. The molecule has 0 saturated heterocycles. The molecule has 0 amide bonds. The minimum Gasteiger partial charge on any atom is -0.397 e. The molecule has 0 radical (unpaired) electrons. The molecule has 58 valence electrons. The zero-order valence-corrected chi connectivity index (χ0v) is 6.76. The fraction of sp³-hybridized carbons (Fsp3) is 0.250. The molecular formula is C8H11N3. The van der Waals surface area contributed by atoms with Gasteiger partial charge in [0.05, 0.1) is 11.4 Å². The van der Waals surface area contributed by atoms with Gasteiger partial charge in [0.25, 0.3) is 0 Å². The molecule has 2 N–H and O–H groups in total. The molecule has 0 fully saturated rings. The monoisotopic (exact) mass is 149 g/mol. The molecule has 0 saturated carbocycles. The van der Waals surface area contributed by atoms with Crippen molar-refractivity contribution >= 4 is 5.70 Å². The highest BCUT2D eigenvalue weighted by Crippen LogP contribution is 2.08. The van der Waals surface area contributed by atoms with Gasteiger partial charge in [0, 0.05) is 6.20 Å². The Morgan fingerprint density at radius 3 is 2.64 bits per heavy atom.